The lowest BCUT2D eigenvalue weighted by Crippen LogP contribution is -1.83. The maximum Gasteiger partial charge on any atom is 0.147 e. The number of anilines is 1. The second kappa shape index (κ2) is 7.58. The molecule has 5 heteroatoms. The molecule has 2 aromatic rings. The minimum absolute atomic E-state index is 0.575. The Morgan fingerprint density at radius 1 is 1.24 bits per heavy atom. The summed E-state index contributed by atoms with van der Waals surface area (Å²) in [5, 5.41) is 0.575. The van der Waals surface area contributed by atoms with Gasteiger partial charge < -0.3 is 4.72 Å². The largest absolute Gasteiger partial charge is 0.330 e. The summed E-state index contributed by atoms with van der Waals surface area (Å²) in [6.45, 7) is 4.00. The quantitative estimate of drug-likeness (QED) is 0.787. The van der Waals surface area contributed by atoms with Gasteiger partial charge in [-0.15, -0.1) is 11.3 Å². The zero-order valence-corrected chi connectivity index (χ0v) is 12.4. The predicted molar refractivity (Wildman–Crippen MR) is 81.0 cm³/mol. The van der Waals surface area contributed by atoms with Crippen molar-refractivity contribution in [3.8, 4) is 10.4 Å². The fraction of sp³-hybridized carbons (Fsp3) is 0.250. The number of halogens is 1. The molecule has 0 aliphatic carbocycles. The lowest BCUT2D eigenvalue weighted by atomic mass is 10.2. The molecule has 1 aromatic heterocycles. The molecule has 0 saturated heterocycles. The number of benzene rings is 1. The van der Waals surface area contributed by atoms with Gasteiger partial charge in [0.2, 0.25) is 0 Å². The second-order valence-electron chi connectivity index (χ2n) is 2.86. The van der Waals surface area contributed by atoms with Crippen molar-refractivity contribution < 1.29 is 0 Å². The minimum atomic E-state index is 0.575. The number of hydrogen-bond donors (Lipinski definition) is 1. The Labute approximate surface area is 116 Å². The monoisotopic (exact) mass is 286 g/mol. The molecule has 0 aliphatic heterocycles. The predicted octanol–water partition coefficient (Wildman–Crippen LogP) is 5.18. The fourth-order valence-corrected chi connectivity index (χ4v) is 2.63. The smallest absolute Gasteiger partial charge is 0.147 e. The molecule has 0 saturated carbocycles. The van der Waals surface area contributed by atoms with Crippen LogP contribution in [0.4, 0.5) is 5.69 Å². The number of rotatable bonds is 3. The molecule has 0 amide bonds. The first-order valence-electron chi connectivity index (χ1n) is 5.29. The molecule has 0 unspecified atom stereocenters. The van der Waals surface area contributed by atoms with E-state index in [0.717, 1.165) is 16.1 Å². The van der Waals surface area contributed by atoms with Gasteiger partial charge in [-0.25, -0.2) is 4.98 Å². The fourth-order valence-electron chi connectivity index (χ4n) is 1.23. The molecule has 0 radical (unpaired) electrons. The highest BCUT2D eigenvalue weighted by Crippen LogP contribution is 2.31. The van der Waals surface area contributed by atoms with E-state index in [1.54, 1.807) is 28.8 Å². The molecule has 92 valence electrons. The SMILES string of the molecule is CC.CSNc1ccc(-c2scnc2Cl)cc1. The summed E-state index contributed by atoms with van der Waals surface area (Å²) in [6, 6.07) is 8.14. The van der Waals surface area contributed by atoms with Crippen LogP contribution in [0.3, 0.4) is 0 Å². The normalized spacial score (nSPS) is 9.41. The van der Waals surface area contributed by atoms with Crippen molar-refractivity contribution in [3.63, 3.8) is 0 Å². The van der Waals surface area contributed by atoms with E-state index in [-0.39, 0.29) is 0 Å². The van der Waals surface area contributed by atoms with E-state index in [4.69, 9.17) is 11.6 Å². The topological polar surface area (TPSA) is 24.9 Å². The summed E-state index contributed by atoms with van der Waals surface area (Å²) >= 11 is 9.08. The number of aromatic nitrogens is 1. The molecule has 1 heterocycles. The van der Waals surface area contributed by atoms with Crippen LogP contribution in [0, 0.1) is 0 Å². The van der Waals surface area contributed by atoms with Crippen molar-refractivity contribution in [2.75, 3.05) is 11.0 Å². The molecule has 0 atom stereocenters. The Kier molecular flexibility index (Phi) is 6.40. The van der Waals surface area contributed by atoms with E-state index in [9.17, 15) is 0 Å². The van der Waals surface area contributed by atoms with Crippen LogP contribution in [-0.2, 0) is 0 Å². The Bertz CT molecular complexity index is 440. The molecule has 1 aromatic carbocycles. The van der Waals surface area contributed by atoms with Crippen LogP contribution in [0.5, 0.6) is 0 Å². The van der Waals surface area contributed by atoms with E-state index in [1.807, 2.05) is 44.4 Å². The maximum absolute atomic E-state index is 5.95. The molecule has 0 fully saturated rings. The highest BCUT2D eigenvalue weighted by atomic mass is 35.5. The number of hydrogen-bond acceptors (Lipinski definition) is 4. The lowest BCUT2D eigenvalue weighted by Gasteiger charge is -2.03. The molecule has 17 heavy (non-hydrogen) atoms. The van der Waals surface area contributed by atoms with Crippen LogP contribution in [-0.4, -0.2) is 11.2 Å². The molecular weight excluding hydrogens is 272 g/mol. The Morgan fingerprint density at radius 3 is 2.35 bits per heavy atom. The van der Waals surface area contributed by atoms with Gasteiger partial charge in [0, 0.05) is 11.9 Å². The number of nitrogens with zero attached hydrogens (tertiary/aromatic N) is 1. The van der Waals surface area contributed by atoms with Gasteiger partial charge in [0.15, 0.2) is 0 Å². The van der Waals surface area contributed by atoms with E-state index >= 15 is 0 Å². The maximum atomic E-state index is 5.95. The molecule has 1 N–H and O–H groups in total. The van der Waals surface area contributed by atoms with Crippen molar-refractivity contribution in [2.45, 2.75) is 13.8 Å². The zero-order chi connectivity index (χ0) is 12.7. The highest BCUT2D eigenvalue weighted by Gasteiger charge is 2.05. The van der Waals surface area contributed by atoms with Crippen molar-refractivity contribution in [1.82, 2.24) is 4.98 Å². The van der Waals surface area contributed by atoms with Crippen LogP contribution < -0.4 is 4.72 Å². The van der Waals surface area contributed by atoms with Crippen LogP contribution >= 0.6 is 34.9 Å². The molecule has 0 aliphatic rings. The summed E-state index contributed by atoms with van der Waals surface area (Å²) < 4.78 is 3.17. The van der Waals surface area contributed by atoms with Crippen molar-refractivity contribution in [3.05, 3.63) is 34.9 Å². The van der Waals surface area contributed by atoms with Gasteiger partial charge in [-0.2, -0.15) is 0 Å². The second-order valence-corrected chi connectivity index (χ2v) is 4.68. The first kappa shape index (κ1) is 14.4. The van der Waals surface area contributed by atoms with Crippen molar-refractivity contribution >= 4 is 40.6 Å². The van der Waals surface area contributed by atoms with Crippen molar-refractivity contribution in [2.24, 2.45) is 0 Å². The van der Waals surface area contributed by atoms with Gasteiger partial charge in [0.1, 0.15) is 5.15 Å². The molecule has 2 rings (SSSR count). The first-order chi connectivity index (χ1) is 8.31. The highest BCUT2D eigenvalue weighted by molar-refractivity contribution is 7.99. The third-order valence-corrected chi connectivity index (χ3v) is 3.60. The standard InChI is InChI=1S/C10H9ClN2S2.C2H6/c1-14-13-8-4-2-7(3-5-8)9-10(11)12-6-15-9;1-2/h2-6,13H,1H3;1-2H3. The van der Waals surface area contributed by atoms with Gasteiger partial charge in [-0.3, -0.25) is 0 Å². The Balaban J connectivity index is 0.000000686. The van der Waals surface area contributed by atoms with E-state index in [1.165, 1.54) is 0 Å². The summed E-state index contributed by atoms with van der Waals surface area (Å²) in [4.78, 5) is 5.04. The molecule has 0 bridgehead atoms. The summed E-state index contributed by atoms with van der Waals surface area (Å²) in [5.41, 5.74) is 3.95. The van der Waals surface area contributed by atoms with E-state index < -0.39 is 0 Å². The Morgan fingerprint density at radius 2 is 1.88 bits per heavy atom. The molecule has 0 spiro atoms. The molecule has 2 nitrogen and oxygen atoms in total. The van der Waals surface area contributed by atoms with Crippen LogP contribution in [0.2, 0.25) is 5.15 Å². The van der Waals surface area contributed by atoms with Gasteiger partial charge in [0.05, 0.1) is 10.4 Å². The van der Waals surface area contributed by atoms with Crippen LogP contribution in [0.15, 0.2) is 29.8 Å². The summed E-state index contributed by atoms with van der Waals surface area (Å²) in [6.07, 6.45) is 1.99. The van der Waals surface area contributed by atoms with Crippen LogP contribution in [0.1, 0.15) is 13.8 Å². The zero-order valence-electron chi connectivity index (χ0n) is 10.0. The molecular formula is C12H15ClN2S2. The van der Waals surface area contributed by atoms with E-state index in [0.29, 0.717) is 5.15 Å². The van der Waals surface area contributed by atoms with Gasteiger partial charge in [0.25, 0.3) is 0 Å². The van der Waals surface area contributed by atoms with E-state index in [2.05, 4.69) is 9.71 Å². The number of nitrogens with one attached hydrogen (secondary N) is 1. The first-order valence-corrected chi connectivity index (χ1v) is 7.78. The van der Waals surface area contributed by atoms with Gasteiger partial charge in [-0.1, -0.05) is 49.5 Å². The van der Waals surface area contributed by atoms with Gasteiger partial charge in [-0.05, 0) is 17.7 Å². The minimum Gasteiger partial charge on any atom is -0.330 e. The average molecular weight is 287 g/mol. The van der Waals surface area contributed by atoms with Crippen molar-refractivity contribution in [1.29, 1.82) is 0 Å². The van der Waals surface area contributed by atoms with Gasteiger partial charge >= 0.3 is 0 Å². The third kappa shape index (κ3) is 3.91. The lowest BCUT2D eigenvalue weighted by molar-refractivity contribution is 1.42. The van der Waals surface area contributed by atoms with Crippen LogP contribution in [0.25, 0.3) is 10.4 Å². The number of thiazole rings is 1. The average Bonchev–Trinajstić information content (AvgIpc) is 2.80. The summed E-state index contributed by atoms with van der Waals surface area (Å²) in [7, 11) is 0. The summed E-state index contributed by atoms with van der Waals surface area (Å²) in [5.74, 6) is 0. The third-order valence-electron chi connectivity index (χ3n) is 1.89. The Hall–Kier alpha value is -0.710.